The Morgan fingerprint density at radius 2 is 1.19 bits per heavy atom. The number of rotatable bonds is 2. The van der Waals surface area contributed by atoms with E-state index in [-0.39, 0.29) is 5.41 Å². The first-order valence-corrected chi connectivity index (χ1v) is 14.8. The largest absolute Gasteiger partial charge is 0.305 e. The molecular weight excluding hydrogens is 526 g/mol. The molecule has 9 rings (SSSR count). The molecule has 0 unspecified atom stereocenters. The molecule has 5 nitrogen and oxygen atoms in total. The van der Waals surface area contributed by atoms with Gasteiger partial charge >= 0.3 is 0 Å². The maximum Gasteiger partial charge on any atom is 0.180 e. The Hall–Kier alpha value is -5.42. The van der Waals surface area contributed by atoms with E-state index in [4.69, 9.17) is 10.1 Å². The zero-order valence-corrected chi connectivity index (χ0v) is 24.3. The Balaban J connectivity index is 1.52. The Morgan fingerprint density at radius 1 is 0.535 bits per heavy atom. The first-order valence-electron chi connectivity index (χ1n) is 14.8. The Morgan fingerprint density at radius 3 is 1.95 bits per heavy atom. The molecule has 0 radical (unpaired) electrons. The quantitative estimate of drug-likeness (QED) is 0.213. The predicted molar refractivity (Wildman–Crippen MR) is 178 cm³/mol. The minimum absolute atomic E-state index is 0.182. The third-order valence-corrected chi connectivity index (χ3v) is 8.74. The fraction of sp³-hybridized carbons (Fsp3) is 0.105. The van der Waals surface area contributed by atoms with Crippen LogP contribution in [0.5, 0.6) is 0 Å². The van der Waals surface area contributed by atoms with Gasteiger partial charge in [-0.2, -0.15) is 5.10 Å². The highest BCUT2D eigenvalue weighted by molar-refractivity contribution is 6.19. The van der Waals surface area contributed by atoms with Gasteiger partial charge in [0, 0.05) is 32.6 Å². The van der Waals surface area contributed by atoms with E-state index in [1.165, 1.54) is 27.1 Å². The summed E-state index contributed by atoms with van der Waals surface area (Å²) in [4.78, 5) is 5.44. The first kappa shape index (κ1) is 24.2. The maximum absolute atomic E-state index is 5.44. The van der Waals surface area contributed by atoms with Crippen molar-refractivity contribution in [3.8, 4) is 11.4 Å². The summed E-state index contributed by atoms with van der Waals surface area (Å²) in [5.74, 6) is 0. The normalized spacial score (nSPS) is 12.5. The highest BCUT2D eigenvalue weighted by Gasteiger charge is 2.26. The summed E-state index contributed by atoms with van der Waals surface area (Å²) in [6, 6.07) is 43.2. The van der Waals surface area contributed by atoms with Gasteiger partial charge in [-0.05, 0) is 35.7 Å². The lowest BCUT2D eigenvalue weighted by Gasteiger charge is -2.20. The van der Waals surface area contributed by atoms with Crippen LogP contribution in [0.2, 0.25) is 0 Å². The summed E-state index contributed by atoms with van der Waals surface area (Å²) in [6.45, 7) is 6.69. The van der Waals surface area contributed by atoms with Crippen LogP contribution < -0.4 is 0 Å². The Kier molecular flexibility index (Phi) is 4.81. The number of imidazole rings is 1. The molecule has 0 saturated heterocycles. The molecule has 4 heterocycles. The summed E-state index contributed by atoms with van der Waals surface area (Å²) in [6.07, 6.45) is 0. The van der Waals surface area contributed by atoms with Gasteiger partial charge in [-0.25, -0.2) is 9.50 Å². The van der Waals surface area contributed by atoms with Crippen LogP contribution >= 0.6 is 0 Å². The molecule has 5 heteroatoms. The molecule has 0 spiro atoms. The van der Waals surface area contributed by atoms with Crippen LogP contribution in [0.25, 0.3) is 71.7 Å². The van der Waals surface area contributed by atoms with Crippen LogP contribution in [0.1, 0.15) is 26.5 Å². The molecule has 0 saturated carbocycles. The molecule has 0 fully saturated rings. The van der Waals surface area contributed by atoms with Crippen LogP contribution in [0.3, 0.4) is 0 Å². The number of aromatic nitrogens is 5. The molecule has 0 aliphatic carbocycles. The van der Waals surface area contributed by atoms with Crippen molar-refractivity contribution in [3.05, 3.63) is 127 Å². The lowest BCUT2D eigenvalue weighted by molar-refractivity contribution is 0.555. The summed E-state index contributed by atoms with van der Waals surface area (Å²) in [7, 11) is 0. The maximum atomic E-state index is 5.44. The van der Waals surface area contributed by atoms with Crippen LogP contribution in [-0.2, 0) is 5.41 Å². The van der Waals surface area contributed by atoms with Crippen molar-refractivity contribution in [2.75, 3.05) is 0 Å². The lowest BCUT2D eigenvalue weighted by atomic mass is 9.92. The van der Waals surface area contributed by atoms with Crippen molar-refractivity contribution in [2.45, 2.75) is 26.2 Å². The van der Waals surface area contributed by atoms with E-state index < -0.39 is 0 Å². The van der Waals surface area contributed by atoms with E-state index in [2.05, 4.69) is 156 Å². The molecule has 0 N–H and O–H groups in total. The molecule has 0 bridgehead atoms. The molecule has 206 valence electrons. The van der Waals surface area contributed by atoms with Crippen LogP contribution in [0.15, 0.2) is 121 Å². The van der Waals surface area contributed by atoms with E-state index in [1.807, 2.05) is 0 Å². The SMILES string of the molecule is CC(C)(C)c1cc(-n2c3ccccc3c3ccc4ccccc4c32)c2nc3c(c4ccccc4n3-c3ccccc3)n2n1. The number of fused-ring (bicyclic) bond motifs is 10. The molecule has 0 aliphatic rings. The number of hydrogen-bond acceptors (Lipinski definition) is 2. The van der Waals surface area contributed by atoms with Gasteiger partial charge in [-0.15, -0.1) is 0 Å². The van der Waals surface area contributed by atoms with Gasteiger partial charge in [0.05, 0.1) is 27.9 Å². The molecule has 9 aromatic rings. The van der Waals surface area contributed by atoms with E-state index in [0.717, 1.165) is 50.3 Å². The van der Waals surface area contributed by atoms with E-state index in [1.54, 1.807) is 0 Å². The third-order valence-electron chi connectivity index (χ3n) is 8.74. The molecule has 4 aromatic heterocycles. The van der Waals surface area contributed by atoms with Crippen molar-refractivity contribution >= 4 is 60.3 Å². The lowest BCUT2D eigenvalue weighted by Crippen LogP contribution is -2.17. The summed E-state index contributed by atoms with van der Waals surface area (Å²) < 4.78 is 6.78. The fourth-order valence-electron chi connectivity index (χ4n) is 6.72. The highest BCUT2D eigenvalue weighted by atomic mass is 15.3. The molecular formula is C38H29N5. The molecule has 0 atom stereocenters. The number of para-hydroxylation sites is 3. The van der Waals surface area contributed by atoms with Crippen molar-refractivity contribution in [1.29, 1.82) is 0 Å². The molecule has 5 aromatic carbocycles. The summed E-state index contributed by atoms with van der Waals surface area (Å²) in [5, 5.41) is 11.3. The van der Waals surface area contributed by atoms with E-state index in [0.29, 0.717) is 0 Å². The summed E-state index contributed by atoms with van der Waals surface area (Å²) in [5.41, 5.74) is 9.17. The minimum Gasteiger partial charge on any atom is -0.305 e. The van der Waals surface area contributed by atoms with Gasteiger partial charge in [0.2, 0.25) is 0 Å². The Bertz CT molecular complexity index is 2540. The average Bonchev–Trinajstić information content (AvgIpc) is 3.68. The fourth-order valence-corrected chi connectivity index (χ4v) is 6.72. The van der Waals surface area contributed by atoms with E-state index >= 15 is 0 Å². The summed E-state index contributed by atoms with van der Waals surface area (Å²) >= 11 is 0. The number of nitrogens with zero attached hydrogens (tertiary/aromatic N) is 5. The topological polar surface area (TPSA) is 40.0 Å². The van der Waals surface area contributed by atoms with Crippen LogP contribution in [0, 0.1) is 0 Å². The number of benzene rings is 5. The first-order chi connectivity index (χ1) is 21.0. The number of hydrogen-bond donors (Lipinski definition) is 0. The second kappa shape index (κ2) is 8.55. The van der Waals surface area contributed by atoms with E-state index in [9.17, 15) is 0 Å². The second-order valence-corrected chi connectivity index (χ2v) is 12.4. The van der Waals surface area contributed by atoms with Crippen molar-refractivity contribution in [3.63, 3.8) is 0 Å². The van der Waals surface area contributed by atoms with Gasteiger partial charge < -0.3 is 4.57 Å². The smallest absolute Gasteiger partial charge is 0.180 e. The van der Waals surface area contributed by atoms with Crippen molar-refractivity contribution in [1.82, 2.24) is 23.7 Å². The molecule has 0 amide bonds. The second-order valence-electron chi connectivity index (χ2n) is 12.4. The van der Waals surface area contributed by atoms with Gasteiger partial charge in [0.25, 0.3) is 0 Å². The minimum atomic E-state index is -0.182. The third kappa shape index (κ3) is 3.33. The van der Waals surface area contributed by atoms with Crippen LogP contribution in [-0.4, -0.2) is 23.7 Å². The zero-order valence-electron chi connectivity index (χ0n) is 24.3. The average molecular weight is 556 g/mol. The predicted octanol–water partition coefficient (Wildman–Crippen LogP) is 9.37. The molecule has 0 aliphatic heterocycles. The van der Waals surface area contributed by atoms with Gasteiger partial charge in [0.15, 0.2) is 11.3 Å². The molecule has 43 heavy (non-hydrogen) atoms. The Labute approximate surface area is 248 Å². The van der Waals surface area contributed by atoms with Gasteiger partial charge in [-0.1, -0.05) is 112 Å². The van der Waals surface area contributed by atoms with Gasteiger partial charge in [0.1, 0.15) is 5.52 Å². The highest BCUT2D eigenvalue weighted by Crippen LogP contribution is 2.40. The van der Waals surface area contributed by atoms with Crippen molar-refractivity contribution < 1.29 is 0 Å². The monoisotopic (exact) mass is 555 g/mol. The zero-order chi connectivity index (χ0) is 28.9. The van der Waals surface area contributed by atoms with Crippen molar-refractivity contribution in [2.24, 2.45) is 0 Å². The van der Waals surface area contributed by atoms with Gasteiger partial charge in [-0.3, -0.25) is 4.57 Å². The van der Waals surface area contributed by atoms with Crippen LogP contribution in [0.4, 0.5) is 0 Å². The standard InChI is InChI=1S/C38H29N5/c1-38(2,3)33-23-32(42-30-19-11-9-17-27(30)28-22-21-24-13-7-8-16-26(24)34(28)42)36-39-37-35(43(36)40-33)29-18-10-12-20-31(29)41(37)25-14-5-4-6-15-25/h4-23H,1-3H3.